The van der Waals surface area contributed by atoms with Gasteiger partial charge in [0.1, 0.15) is 0 Å². The molecule has 3 aromatic carbocycles. The predicted molar refractivity (Wildman–Crippen MR) is 96.3 cm³/mol. The van der Waals surface area contributed by atoms with E-state index in [-0.39, 0.29) is 0 Å². The van der Waals surface area contributed by atoms with Gasteiger partial charge in [0.05, 0.1) is 6.04 Å². The topological polar surface area (TPSA) is 12.0 Å². The molecule has 0 aliphatic carbocycles. The molecule has 22 heavy (non-hydrogen) atoms. The summed E-state index contributed by atoms with van der Waals surface area (Å²) in [6.07, 6.45) is 3.60. The Labute approximate surface area is 133 Å². The molecule has 0 saturated carbocycles. The van der Waals surface area contributed by atoms with Gasteiger partial charge in [0.2, 0.25) is 0 Å². The van der Waals surface area contributed by atoms with Gasteiger partial charge in [-0.05, 0) is 34.9 Å². The number of nitrogens with one attached hydrogen (secondary N) is 1. The summed E-state index contributed by atoms with van der Waals surface area (Å²) in [6, 6.07) is 26.2. The zero-order valence-corrected chi connectivity index (χ0v) is 13.1. The molecule has 0 bridgehead atoms. The number of para-hydroxylation sites is 1. The Bertz CT molecular complexity index is 713. The van der Waals surface area contributed by atoms with Crippen molar-refractivity contribution in [3.05, 3.63) is 78.4 Å². The maximum Gasteiger partial charge on any atom is 0.0519 e. The van der Waals surface area contributed by atoms with E-state index in [4.69, 9.17) is 0 Å². The second-order valence-corrected chi connectivity index (χ2v) is 5.77. The van der Waals surface area contributed by atoms with Gasteiger partial charge in [-0.2, -0.15) is 0 Å². The van der Waals surface area contributed by atoms with Crippen molar-refractivity contribution >= 4 is 16.5 Å². The number of fused-ring (bicyclic) bond motifs is 1. The van der Waals surface area contributed by atoms with Crippen LogP contribution in [0.25, 0.3) is 10.8 Å². The molecule has 0 saturated heterocycles. The van der Waals surface area contributed by atoms with Crippen LogP contribution in [0.15, 0.2) is 72.8 Å². The molecule has 1 nitrogen and oxygen atoms in total. The maximum absolute atomic E-state index is 3.72. The van der Waals surface area contributed by atoms with Crippen molar-refractivity contribution in [1.29, 1.82) is 0 Å². The van der Waals surface area contributed by atoms with Crippen molar-refractivity contribution in [3.8, 4) is 0 Å². The molecular formula is C21H23N. The molecular weight excluding hydrogens is 266 g/mol. The van der Waals surface area contributed by atoms with Crippen molar-refractivity contribution in [1.82, 2.24) is 0 Å². The molecule has 0 amide bonds. The number of hydrogen-bond donors (Lipinski definition) is 1. The van der Waals surface area contributed by atoms with Crippen LogP contribution >= 0.6 is 0 Å². The lowest BCUT2D eigenvalue weighted by Crippen LogP contribution is -2.11. The molecule has 0 heterocycles. The van der Waals surface area contributed by atoms with Gasteiger partial charge in [0, 0.05) is 5.69 Å². The van der Waals surface area contributed by atoms with Crippen LogP contribution in [0.4, 0.5) is 5.69 Å². The molecule has 0 aliphatic rings. The maximum atomic E-state index is 3.72. The summed E-state index contributed by atoms with van der Waals surface area (Å²) in [5.74, 6) is 0. The Morgan fingerprint density at radius 2 is 1.55 bits per heavy atom. The molecule has 0 fully saturated rings. The van der Waals surface area contributed by atoms with Crippen LogP contribution in [0.3, 0.4) is 0 Å². The first kappa shape index (κ1) is 14.6. The van der Waals surface area contributed by atoms with E-state index in [2.05, 4.69) is 85.0 Å². The molecule has 112 valence electrons. The summed E-state index contributed by atoms with van der Waals surface area (Å²) in [5.41, 5.74) is 2.59. The zero-order valence-electron chi connectivity index (χ0n) is 13.1. The van der Waals surface area contributed by atoms with Crippen LogP contribution in [0.5, 0.6) is 0 Å². The van der Waals surface area contributed by atoms with Gasteiger partial charge in [-0.25, -0.2) is 0 Å². The Kier molecular flexibility index (Phi) is 4.75. The third-order valence-corrected chi connectivity index (χ3v) is 4.16. The number of benzene rings is 3. The van der Waals surface area contributed by atoms with Gasteiger partial charge in [-0.3, -0.25) is 0 Å². The van der Waals surface area contributed by atoms with Gasteiger partial charge in [0.15, 0.2) is 0 Å². The van der Waals surface area contributed by atoms with E-state index >= 15 is 0 Å². The Morgan fingerprint density at radius 3 is 2.36 bits per heavy atom. The summed E-state index contributed by atoms with van der Waals surface area (Å²) in [5, 5.41) is 6.39. The largest absolute Gasteiger partial charge is 0.378 e. The van der Waals surface area contributed by atoms with Crippen LogP contribution in [-0.2, 0) is 0 Å². The minimum absolute atomic E-state index is 0.355. The zero-order chi connectivity index (χ0) is 15.2. The van der Waals surface area contributed by atoms with E-state index in [9.17, 15) is 0 Å². The van der Waals surface area contributed by atoms with E-state index in [1.54, 1.807) is 0 Å². The highest BCUT2D eigenvalue weighted by Crippen LogP contribution is 2.30. The lowest BCUT2D eigenvalue weighted by molar-refractivity contribution is 0.637. The molecule has 0 radical (unpaired) electrons. The van der Waals surface area contributed by atoms with Crippen LogP contribution in [0.2, 0.25) is 0 Å². The summed E-state index contributed by atoms with van der Waals surface area (Å²) < 4.78 is 0. The minimum Gasteiger partial charge on any atom is -0.378 e. The molecule has 0 aliphatic heterocycles. The molecule has 0 aromatic heterocycles. The van der Waals surface area contributed by atoms with Crippen LogP contribution in [-0.4, -0.2) is 0 Å². The first-order chi connectivity index (χ1) is 10.9. The van der Waals surface area contributed by atoms with E-state index < -0.39 is 0 Å². The summed E-state index contributed by atoms with van der Waals surface area (Å²) in [7, 11) is 0. The number of hydrogen-bond acceptors (Lipinski definition) is 1. The van der Waals surface area contributed by atoms with Crippen molar-refractivity contribution < 1.29 is 0 Å². The Hall–Kier alpha value is -2.28. The third-order valence-electron chi connectivity index (χ3n) is 4.16. The smallest absolute Gasteiger partial charge is 0.0519 e. The average Bonchev–Trinajstić information content (AvgIpc) is 2.59. The molecule has 1 heteroatoms. The highest BCUT2D eigenvalue weighted by atomic mass is 14.9. The lowest BCUT2D eigenvalue weighted by atomic mass is 9.95. The van der Waals surface area contributed by atoms with Crippen LogP contribution < -0.4 is 5.32 Å². The molecule has 0 spiro atoms. The van der Waals surface area contributed by atoms with Crippen LogP contribution in [0.1, 0.15) is 37.8 Å². The quantitative estimate of drug-likeness (QED) is 0.571. The van der Waals surface area contributed by atoms with E-state index in [0.29, 0.717) is 6.04 Å². The summed E-state index contributed by atoms with van der Waals surface area (Å²) >= 11 is 0. The normalized spacial score (nSPS) is 12.2. The minimum atomic E-state index is 0.355. The van der Waals surface area contributed by atoms with E-state index in [1.807, 2.05) is 0 Å². The SMILES string of the molecule is CCCCC(Nc1ccccc1)c1cccc2ccccc12. The fourth-order valence-corrected chi connectivity index (χ4v) is 3.00. The third kappa shape index (κ3) is 3.30. The molecule has 3 aromatic rings. The number of anilines is 1. The summed E-state index contributed by atoms with van der Waals surface area (Å²) in [4.78, 5) is 0. The molecule has 1 atom stereocenters. The summed E-state index contributed by atoms with van der Waals surface area (Å²) in [6.45, 7) is 2.25. The first-order valence-corrected chi connectivity index (χ1v) is 8.17. The van der Waals surface area contributed by atoms with Gasteiger partial charge in [-0.15, -0.1) is 0 Å². The highest BCUT2D eigenvalue weighted by Gasteiger charge is 2.13. The second kappa shape index (κ2) is 7.13. The standard InChI is InChI=1S/C21H23N/c1-2-3-16-21(22-18-12-5-4-6-13-18)20-15-9-11-17-10-7-8-14-19(17)20/h4-15,21-22H,2-3,16H2,1H3. The van der Waals surface area contributed by atoms with Crippen molar-refractivity contribution in [2.75, 3.05) is 5.32 Å². The lowest BCUT2D eigenvalue weighted by Gasteiger charge is -2.22. The number of unbranched alkanes of at least 4 members (excludes halogenated alkanes) is 1. The van der Waals surface area contributed by atoms with Gasteiger partial charge >= 0.3 is 0 Å². The van der Waals surface area contributed by atoms with Crippen LogP contribution in [0, 0.1) is 0 Å². The number of rotatable bonds is 6. The molecule has 1 unspecified atom stereocenters. The average molecular weight is 289 g/mol. The molecule has 1 N–H and O–H groups in total. The Morgan fingerprint density at radius 1 is 0.818 bits per heavy atom. The fraction of sp³-hybridized carbons (Fsp3) is 0.238. The van der Waals surface area contributed by atoms with Gasteiger partial charge < -0.3 is 5.32 Å². The van der Waals surface area contributed by atoms with Crippen molar-refractivity contribution in [2.24, 2.45) is 0 Å². The van der Waals surface area contributed by atoms with Gasteiger partial charge in [0.25, 0.3) is 0 Å². The monoisotopic (exact) mass is 289 g/mol. The highest BCUT2D eigenvalue weighted by molar-refractivity contribution is 5.86. The van der Waals surface area contributed by atoms with Crippen molar-refractivity contribution in [2.45, 2.75) is 32.2 Å². The molecule has 3 rings (SSSR count). The van der Waals surface area contributed by atoms with Gasteiger partial charge in [-0.1, -0.05) is 80.4 Å². The van der Waals surface area contributed by atoms with E-state index in [1.165, 1.54) is 34.9 Å². The Balaban J connectivity index is 1.97. The van der Waals surface area contributed by atoms with E-state index in [0.717, 1.165) is 6.42 Å². The first-order valence-electron chi connectivity index (χ1n) is 8.17. The fourth-order valence-electron chi connectivity index (χ4n) is 3.00. The second-order valence-electron chi connectivity index (χ2n) is 5.77. The predicted octanol–water partition coefficient (Wildman–Crippen LogP) is 6.18. The van der Waals surface area contributed by atoms with Crippen molar-refractivity contribution in [3.63, 3.8) is 0 Å².